The van der Waals surface area contributed by atoms with Crippen molar-refractivity contribution < 1.29 is 27.5 Å². The summed E-state index contributed by atoms with van der Waals surface area (Å²) >= 11 is 5.91. The number of halogens is 4. The van der Waals surface area contributed by atoms with Crippen molar-refractivity contribution in [3.8, 4) is 0 Å². The fraction of sp³-hybridized carbons (Fsp3) is 0.467. The van der Waals surface area contributed by atoms with Gasteiger partial charge in [0, 0.05) is 74.9 Å². The third kappa shape index (κ3) is 7.18. The molecular formula is C30H35ClF3N3O3. The fourth-order valence-corrected chi connectivity index (χ4v) is 5.47. The zero-order chi connectivity index (χ0) is 28.9. The van der Waals surface area contributed by atoms with Gasteiger partial charge in [-0.1, -0.05) is 29.8 Å². The molecule has 2 aromatic rings. The zero-order valence-electron chi connectivity index (χ0n) is 22.8. The first-order chi connectivity index (χ1) is 19.0. The number of piperazine rings is 1. The van der Waals surface area contributed by atoms with E-state index in [1.165, 1.54) is 11.6 Å². The minimum atomic E-state index is -4.32. The Kier molecular flexibility index (Phi) is 9.46. The summed E-state index contributed by atoms with van der Waals surface area (Å²) in [5, 5.41) is 0.782. The monoisotopic (exact) mass is 577 g/mol. The van der Waals surface area contributed by atoms with Crippen LogP contribution in [0.25, 0.3) is 0 Å². The van der Waals surface area contributed by atoms with E-state index in [1.54, 1.807) is 11.0 Å². The number of alkyl halides is 3. The third-order valence-corrected chi connectivity index (χ3v) is 8.39. The van der Waals surface area contributed by atoms with E-state index in [0.717, 1.165) is 73.6 Å². The molecule has 10 heteroatoms. The molecule has 0 N–H and O–H groups in total. The molecule has 6 nitrogen and oxygen atoms in total. The van der Waals surface area contributed by atoms with Gasteiger partial charge in [-0.2, -0.15) is 13.2 Å². The van der Waals surface area contributed by atoms with Gasteiger partial charge >= 0.3 is 12.1 Å². The van der Waals surface area contributed by atoms with E-state index in [4.69, 9.17) is 16.3 Å². The van der Waals surface area contributed by atoms with Gasteiger partial charge in [-0.15, -0.1) is 0 Å². The van der Waals surface area contributed by atoms with Crippen molar-refractivity contribution in [3.05, 3.63) is 75.8 Å². The van der Waals surface area contributed by atoms with E-state index in [-0.39, 0.29) is 11.6 Å². The number of rotatable bonds is 5. The summed E-state index contributed by atoms with van der Waals surface area (Å²) in [5.41, 5.74) is 2.83. The minimum absolute atomic E-state index is 0.132. The highest BCUT2D eigenvalue weighted by Gasteiger charge is 2.45. The molecule has 216 valence electrons. The number of carbonyl (C=O) groups is 2. The molecule has 5 rings (SSSR count). The summed E-state index contributed by atoms with van der Waals surface area (Å²) in [6.07, 6.45) is -0.715. The quantitative estimate of drug-likeness (QED) is 0.342. The number of hydrogen-bond acceptors (Lipinski definition) is 5. The maximum atomic E-state index is 12.6. The molecule has 3 aliphatic heterocycles. The molecule has 1 amide bonds. The Morgan fingerprint density at radius 2 is 1.62 bits per heavy atom. The molecule has 2 fully saturated rings. The van der Waals surface area contributed by atoms with Gasteiger partial charge in [0.25, 0.3) is 0 Å². The molecule has 2 saturated heterocycles. The Morgan fingerprint density at radius 1 is 0.975 bits per heavy atom. The van der Waals surface area contributed by atoms with E-state index in [2.05, 4.69) is 17.0 Å². The van der Waals surface area contributed by atoms with Crippen molar-refractivity contribution in [1.29, 1.82) is 0 Å². The van der Waals surface area contributed by atoms with E-state index in [9.17, 15) is 22.8 Å². The summed E-state index contributed by atoms with van der Waals surface area (Å²) < 4.78 is 43.4. The van der Waals surface area contributed by atoms with E-state index in [1.807, 2.05) is 30.9 Å². The summed E-state index contributed by atoms with van der Waals surface area (Å²) in [6.45, 7) is 9.10. The Balaban J connectivity index is 0.000000189. The Hall–Kier alpha value is -3.04. The number of piperidine rings is 1. The Bertz CT molecular complexity index is 1220. The number of anilines is 1. The van der Waals surface area contributed by atoms with E-state index >= 15 is 0 Å². The van der Waals surface area contributed by atoms with Gasteiger partial charge in [0.05, 0.1) is 5.56 Å². The number of carbonyl (C=O) groups excluding carboxylic acids is 2. The normalized spacial score (nSPS) is 19.4. The van der Waals surface area contributed by atoms with Crippen molar-refractivity contribution in [2.45, 2.75) is 44.9 Å². The second kappa shape index (κ2) is 12.6. The van der Waals surface area contributed by atoms with Crippen LogP contribution in [0.3, 0.4) is 0 Å². The second-order valence-corrected chi connectivity index (χ2v) is 11.0. The highest BCUT2D eigenvalue weighted by Crippen LogP contribution is 2.40. The zero-order valence-corrected chi connectivity index (χ0v) is 23.6. The van der Waals surface area contributed by atoms with Crippen molar-refractivity contribution >= 4 is 29.7 Å². The SMILES string of the molecule is CC1=C(C)C2(CCN(CCc3ccc(Cl)cc3)CC2)OC1=O.O=CN1CCN(c2cccc(C(F)(F)F)c2)CC1. The lowest BCUT2D eigenvalue weighted by molar-refractivity contribution is -0.150. The van der Waals surface area contributed by atoms with Crippen LogP contribution in [-0.4, -0.2) is 73.6 Å². The predicted octanol–water partition coefficient (Wildman–Crippen LogP) is 5.59. The molecule has 2 aromatic carbocycles. The molecule has 0 atom stereocenters. The van der Waals surface area contributed by atoms with Gasteiger partial charge in [-0.25, -0.2) is 4.79 Å². The topological polar surface area (TPSA) is 53.1 Å². The predicted molar refractivity (Wildman–Crippen MR) is 149 cm³/mol. The molecule has 0 aromatic heterocycles. The third-order valence-electron chi connectivity index (χ3n) is 8.14. The summed E-state index contributed by atoms with van der Waals surface area (Å²) in [4.78, 5) is 28.2. The number of nitrogens with zero attached hydrogens (tertiary/aromatic N) is 3. The molecular weight excluding hydrogens is 543 g/mol. The van der Waals surface area contributed by atoms with E-state index < -0.39 is 11.7 Å². The second-order valence-electron chi connectivity index (χ2n) is 10.5. The Morgan fingerprint density at radius 3 is 2.17 bits per heavy atom. The fourth-order valence-electron chi connectivity index (χ4n) is 5.34. The molecule has 3 heterocycles. The average molecular weight is 578 g/mol. The van der Waals surface area contributed by atoms with Gasteiger partial charge in [-0.05, 0) is 61.7 Å². The standard InChI is InChI=1S/C18H22ClNO2.C12H13F3N2O/c1-13-14(2)18(22-17(13)21)8-11-20(12-9-18)10-7-15-3-5-16(19)6-4-15;13-12(14,15)10-2-1-3-11(8-10)17-6-4-16(9-18)5-7-17/h3-6H,7-12H2,1-2H3;1-3,8-9H,4-7H2. The lowest BCUT2D eigenvalue weighted by Crippen LogP contribution is -2.46. The molecule has 0 unspecified atom stereocenters. The number of benzene rings is 2. The number of amides is 1. The van der Waals surface area contributed by atoms with Crippen LogP contribution in [0.5, 0.6) is 0 Å². The largest absolute Gasteiger partial charge is 0.451 e. The molecule has 0 saturated carbocycles. The average Bonchev–Trinajstić information content (AvgIpc) is 3.16. The minimum Gasteiger partial charge on any atom is -0.451 e. The molecule has 1 spiro atoms. The van der Waals surface area contributed by atoms with E-state index in [0.29, 0.717) is 31.9 Å². The maximum absolute atomic E-state index is 12.6. The first-order valence-corrected chi connectivity index (χ1v) is 13.9. The van der Waals surface area contributed by atoms with Gasteiger partial charge < -0.3 is 19.4 Å². The summed E-state index contributed by atoms with van der Waals surface area (Å²) in [5.74, 6) is -0.132. The van der Waals surface area contributed by atoms with Crippen molar-refractivity contribution in [2.75, 3.05) is 50.7 Å². The number of hydrogen-bond donors (Lipinski definition) is 0. The van der Waals surface area contributed by atoms with Gasteiger partial charge in [0.1, 0.15) is 5.60 Å². The van der Waals surface area contributed by atoms with Crippen LogP contribution in [0, 0.1) is 0 Å². The van der Waals surface area contributed by atoms with Crippen LogP contribution < -0.4 is 4.90 Å². The first kappa shape index (κ1) is 29.9. The van der Waals surface area contributed by atoms with Crippen LogP contribution in [-0.2, 0) is 26.9 Å². The lowest BCUT2D eigenvalue weighted by atomic mass is 9.84. The highest BCUT2D eigenvalue weighted by atomic mass is 35.5. The van der Waals surface area contributed by atoms with Crippen molar-refractivity contribution in [2.24, 2.45) is 0 Å². The van der Waals surface area contributed by atoms with Crippen molar-refractivity contribution in [3.63, 3.8) is 0 Å². The number of esters is 1. The van der Waals surface area contributed by atoms with Crippen LogP contribution >= 0.6 is 11.6 Å². The van der Waals surface area contributed by atoms with Crippen LogP contribution in [0.1, 0.15) is 37.8 Å². The van der Waals surface area contributed by atoms with Crippen LogP contribution in [0.4, 0.5) is 18.9 Å². The lowest BCUT2D eigenvalue weighted by Gasteiger charge is -2.39. The van der Waals surface area contributed by atoms with Crippen molar-refractivity contribution in [1.82, 2.24) is 9.80 Å². The van der Waals surface area contributed by atoms with Crippen LogP contribution in [0.2, 0.25) is 5.02 Å². The number of ether oxygens (including phenoxy) is 1. The highest BCUT2D eigenvalue weighted by molar-refractivity contribution is 6.30. The summed E-state index contributed by atoms with van der Waals surface area (Å²) in [6, 6.07) is 13.3. The molecule has 3 aliphatic rings. The molecule has 0 radical (unpaired) electrons. The van der Waals surface area contributed by atoms with Gasteiger partial charge in [0.2, 0.25) is 6.41 Å². The molecule has 0 bridgehead atoms. The molecule has 40 heavy (non-hydrogen) atoms. The Labute approximate surface area is 238 Å². The molecule has 0 aliphatic carbocycles. The smallest absolute Gasteiger partial charge is 0.416 e. The van der Waals surface area contributed by atoms with Crippen LogP contribution in [0.15, 0.2) is 59.7 Å². The summed E-state index contributed by atoms with van der Waals surface area (Å²) in [7, 11) is 0. The maximum Gasteiger partial charge on any atom is 0.416 e. The first-order valence-electron chi connectivity index (χ1n) is 13.5. The van der Waals surface area contributed by atoms with Gasteiger partial charge in [-0.3, -0.25) is 4.79 Å². The number of likely N-dealkylation sites (tertiary alicyclic amines) is 1. The van der Waals surface area contributed by atoms with Gasteiger partial charge in [0.15, 0.2) is 0 Å².